The van der Waals surface area contributed by atoms with Crippen LogP contribution >= 0.6 is 0 Å². The number of oxime groups is 1. The summed E-state index contributed by atoms with van der Waals surface area (Å²) in [5, 5.41) is 4.01. The summed E-state index contributed by atoms with van der Waals surface area (Å²) in [6, 6.07) is 0. The summed E-state index contributed by atoms with van der Waals surface area (Å²) in [4.78, 5) is 19.4. The highest BCUT2D eigenvalue weighted by atomic mass is 16.7. The van der Waals surface area contributed by atoms with Crippen molar-refractivity contribution in [3.8, 4) is 0 Å². The molecule has 19 heavy (non-hydrogen) atoms. The van der Waals surface area contributed by atoms with E-state index in [1.807, 2.05) is 20.8 Å². The highest BCUT2D eigenvalue weighted by Gasteiger charge is 2.44. The van der Waals surface area contributed by atoms with Crippen LogP contribution in [0.4, 0.5) is 4.79 Å². The number of hydrogen-bond acceptors (Lipinski definition) is 5. The molecule has 1 atom stereocenters. The Hall–Kier alpha value is -1.30. The van der Waals surface area contributed by atoms with E-state index >= 15 is 0 Å². The van der Waals surface area contributed by atoms with E-state index in [1.165, 1.54) is 0 Å². The largest absolute Gasteiger partial charge is 0.444 e. The number of hydrogen-bond donors (Lipinski definition) is 1. The van der Waals surface area contributed by atoms with E-state index in [1.54, 1.807) is 4.90 Å². The van der Waals surface area contributed by atoms with Gasteiger partial charge in [-0.15, -0.1) is 0 Å². The molecule has 0 aromatic rings. The SMILES string of the molecule is CC(C)(C)OC(=O)N1CCCC2(CC(CN)=NO2)C1. The Kier molecular flexibility index (Phi) is 3.71. The lowest BCUT2D eigenvalue weighted by molar-refractivity contribution is -0.0719. The summed E-state index contributed by atoms with van der Waals surface area (Å²) in [6.07, 6.45) is 2.23. The molecule has 6 nitrogen and oxygen atoms in total. The van der Waals surface area contributed by atoms with Crippen molar-refractivity contribution in [2.45, 2.75) is 51.2 Å². The van der Waals surface area contributed by atoms with Gasteiger partial charge in [-0.25, -0.2) is 4.79 Å². The minimum absolute atomic E-state index is 0.281. The van der Waals surface area contributed by atoms with Crippen molar-refractivity contribution in [2.75, 3.05) is 19.6 Å². The molecule has 0 radical (unpaired) electrons. The number of amides is 1. The second-order valence-electron chi connectivity index (χ2n) is 6.32. The maximum atomic E-state index is 12.1. The van der Waals surface area contributed by atoms with E-state index in [-0.39, 0.29) is 11.7 Å². The van der Waals surface area contributed by atoms with Gasteiger partial charge in [0.2, 0.25) is 0 Å². The predicted molar refractivity (Wildman–Crippen MR) is 72.0 cm³/mol. The molecule has 2 aliphatic heterocycles. The first-order chi connectivity index (χ1) is 8.84. The Labute approximate surface area is 113 Å². The number of likely N-dealkylation sites (tertiary alicyclic amines) is 1. The molecule has 1 amide bonds. The van der Waals surface area contributed by atoms with Gasteiger partial charge in [-0.1, -0.05) is 5.16 Å². The highest BCUT2D eigenvalue weighted by molar-refractivity contribution is 5.87. The van der Waals surface area contributed by atoms with Crippen molar-refractivity contribution in [1.82, 2.24) is 4.90 Å². The Morgan fingerprint density at radius 1 is 1.58 bits per heavy atom. The van der Waals surface area contributed by atoms with Crippen molar-refractivity contribution >= 4 is 11.8 Å². The van der Waals surface area contributed by atoms with Crippen molar-refractivity contribution < 1.29 is 14.4 Å². The van der Waals surface area contributed by atoms with E-state index < -0.39 is 5.60 Å². The zero-order valence-electron chi connectivity index (χ0n) is 11.9. The fourth-order valence-corrected chi connectivity index (χ4v) is 2.51. The molecule has 2 heterocycles. The normalized spacial score (nSPS) is 27.2. The molecular weight excluding hydrogens is 246 g/mol. The number of carbonyl (C=O) groups is 1. The van der Waals surface area contributed by atoms with Gasteiger partial charge in [0.15, 0.2) is 5.60 Å². The molecule has 0 aromatic heterocycles. The van der Waals surface area contributed by atoms with Gasteiger partial charge in [-0.05, 0) is 33.6 Å². The first kappa shape index (κ1) is 14.1. The third-order valence-electron chi connectivity index (χ3n) is 3.32. The number of ether oxygens (including phenoxy) is 1. The van der Waals surface area contributed by atoms with Crippen LogP contribution in [0.5, 0.6) is 0 Å². The van der Waals surface area contributed by atoms with Gasteiger partial charge in [-0.3, -0.25) is 0 Å². The summed E-state index contributed by atoms with van der Waals surface area (Å²) in [5.41, 5.74) is 5.59. The summed E-state index contributed by atoms with van der Waals surface area (Å²) >= 11 is 0. The average molecular weight is 269 g/mol. The second-order valence-corrected chi connectivity index (χ2v) is 6.32. The van der Waals surface area contributed by atoms with Crippen LogP contribution in [0.15, 0.2) is 5.16 Å². The molecule has 6 heteroatoms. The zero-order chi connectivity index (χ0) is 14.1. The molecule has 1 saturated heterocycles. The minimum Gasteiger partial charge on any atom is -0.444 e. The van der Waals surface area contributed by atoms with E-state index in [9.17, 15) is 4.79 Å². The van der Waals surface area contributed by atoms with Crippen molar-refractivity contribution in [1.29, 1.82) is 0 Å². The van der Waals surface area contributed by atoms with Gasteiger partial charge in [0, 0.05) is 19.5 Å². The van der Waals surface area contributed by atoms with Crippen LogP contribution in [0.3, 0.4) is 0 Å². The third-order valence-corrected chi connectivity index (χ3v) is 3.32. The first-order valence-electron chi connectivity index (χ1n) is 6.75. The Bertz CT molecular complexity index is 389. The monoisotopic (exact) mass is 269 g/mol. The molecule has 0 saturated carbocycles. The van der Waals surface area contributed by atoms with Gasteiger partial charge >= 0.3 is 6.09 Å². The van der Waals surface area contributed by atoms with Gasteiger partial charge in [0.25, 0.3) is 0 Å². The molecule has 2 aliphatic rings. The van der Waals surface area contributed by atoms with Gasteiger partial charge < -0.3 is 20.2 Å². The van der Waals surface area contributed by atoms with Gasteiger partial charge in [0.05, 0.1) is 12.3 Å². The maximum Gasteiger partial charge on any atom is 0.410 e. The Morgan fingerprint density at radius 3 is 2.89 bits per heavy atom. The summed E-state index contributed by atoms with van der Waals surface area (Å²) in [7, 11) is 0. The lowest BCUT2D eigenvalue weighted by Gasteiger charge is -2.38. The van der Waals surface area contributed by atoms with Gasteiger partial charge in [-0.2, -0.15) is 0 Å². The Morgan fingerprint density at radius 2 is 2.32 bits per heavy atom. The van der Waals surface area contributed by atoms with Crippen LogP contribution in [-0.2, 0) is 9.57 Å². The molecule has 0 aromatic carbocycles. The number of carbonyl (C=O) groups excluding carboxylic acids is 1. The molecule has 1 unspecified atom stereocenters. The van der Waals surface area contributed by atoms with Crippen LogP contribution < -0.4 is 5.73 Å². The minimum atomic E-state index is -0.475. The van der Waals surface area contributed by atoms with Crippen LogP contribution in [-0.4, -0.2) is 47.5 Å². The lowest BCUT2D eigenvalue weighted by atomic mass is 9.88. The number of rotatable bonds is 1. The Balaban J connectivity index is 1.97. The van der Waals surface area contributed by atoms with Gasteiger partial charge in [0.1, 0.15) is 5.60 Å². The predicted octanol–water partition coefficient (Wildman–Crippen LogP) is 1.49. The molecular formula is C13H23N3O3. The molecule has 0 aliphatic carbocycles. The molecule has 0 bridgehead atoms. The standard InChI is InChI=1S/C13H23N3O3/c1-12(2,3)18-11(17)16-6-4-5-13(9-16)7-10(8-14)15-19-13/h4-9,14H2,1-3H3. The number of nitrogens with zero attached hydrogens (tertiary/aromatic N) is 2. The average Bonchev–Trinajstić information content (AvgIpc) is 2.70. The molecule has 2 rings (SSSR count). The lowest BCUT2D eigenvalue weighted by Crippen LogP contribution is -2.51. The van der Waals surface area contributed by atoms with E-state index in [0.29, 0.717) is 26.1 Å². The number of piperidine rings is 1. The second kappa shape index (κ2) is 5.00. The zero-order valence-corrected chi connectivity index (χ0v) is 11.9. The molecule has 108 valence electrons. The quantitative estimate of drug-likeness (QED) is 0.782. The first-order valence-corrected chi connectivity index (χ1v) is 6.75. The fraction of sp³-hybridized carbons (Fsp3) is 0.846. The molecule has 1 fully saturated rings. The van der Waals surface area contributed by atoms with Crippen LogP contribution in [0.2, 0.25) is 0 Å². The highest BCUT2D eigenvalue weighted by Crippen LogP contribution is 2.33. The maximum absolute atomic E-state index is 12.1. The van der Waals surface area contributed by atoms with Crippen molar-refractivity contribution in [3.63, 3.8) is 0 Å². The fourth-order valence-electron chi connectivity index (χ4n) is 2.51. The van der Waals surface area contributed by atoms with Crippen LogP contribution in [0, 0.1) is 0 Å². The summed E-state index contributed by atoms with van der Waals surface area (Å²) in [6.45, 7) is 7.24. The van der Waals surface area contributed by atoms with E-state index in [0.717, 1.165) is 18.6 Å². The molecule has 2 N–H and O–H groups in total. The van der Waals surface area contributed by atoms with Crippen LogP contribution in [0.1, 0.15) is 40.0 Å². The van der Waals surface area contributed by atoms with E-state index in [2.05, 4.69) is 5.16 Å². The molecule has 1 spiro atoms. The third kappa shape index (κ3) is 3.37. The van der Waals surface area contributed by atoms with Crippen molar-refractivity contribution in [3.05, 3.63) is 0 Å². The smallest absolute Gasteiger partial charge is 0.410 e. The summed E-state index contributed by atoms with van der Waals surface area (Å²) in [5.74, 6) is 0. The summed E-state index contributed by atoms with van der Waals surface area (Å²) < 4.78 is 5.40. The number of nitrogens with two attached hydrogens (primary N) is 1. The van der Waals surface area contributed by atoms with Crippen LogP contribution in [0.25, 0.3) is 0 Å². The van der Waals surface area contributed by atoms with E-state index in [4.69, 9.17) is 15.3 Å². The van der Waals surface area contributed by atoms with Crippen molar-refractivity contribution in [2.24, 2.45) is 10.9 Å². The topological polar surface area (TPSA) is 77.2 Å².